The molecule has 0 aliphatic carbocycles. The van der Waals surface area contributed by atoms with Crippen LogP contribution in [0, 0.1) is 0 Å². The average molecular weight is 282 g/mol. The summed E-state index contributed by atoms with van der Waals surface area (Å²) in [5.74, 6) is 0. The minimum atomic E-state index is -1.83. The van der Waals surface area contributed by atoms with Crippen molar-refractivity contribution in [2.75, 3.05) is 39.6 Å². The predicted octanol–water partition coefficient (Wildman–Crippen LogP) is -0.226. The fourth-order valence-electron chi connectivity index (χ4n) is 0.883. The van der Waals surface area contributed by atoms with Gasteiger partial charge in [-0.25, -0.2) is 4.79 Å². The van der Waals surface area contributed by atoms with Gasteiger partial charge in [-0.1, -0.05) is 0 Å². The lowest BCUT2D eigenvalue weighted by atomic mass is 10.3. The van der Waals surface area contributed by atoms with Crippen molar-refractivity contribution < 1.29 is 39.4 Å². The van der Waals surface area contributed by atoms with Gasteiger partial charge in [0.15, 0.2) is 0 Å². The molecule has 114 valence electrons. The fraction of sp³-hybridized carbons (Fsp3) is 0.909. The van der Waals surface area contributed by atoms with Crippen LogP contribution in [0.5, 0.6) is 0 Å². The predicted molar refractivity (Wildman–Crippen MR) is 64.4 cm³/mol. The SMILES string of the molecule is C(OCC1CO1)C1CO1.O=C(O)O.OCCCCO. The van der Waals surface area contributed by atoms with Crippen LogP contribution in [0.4, 0.5) is 4.79 Å². The Morgan fingerprint density at radius 1 is 1.00 bits per heavy atom. The summed E-state index contributed by atoms with van der Waals surface area (Å²) in [4.78, 5) is 8.56. The van der Waals surface area contributed by atoms with Crippen molar-refractivity contribution in [1.82, 2.24) is 0 Å². The monoisotopic (exact) mass is 282 g/mol. The molecule has 0 radical (unpaired) electrons. The summed E-state index contributed by atoms with van der Waals surface area (Å²) in [7, 11) is 0. The minimum Gasteiger partial charge on any atom is -0.450 e. The molecule has 2 fully saturated rings. The number of carbonyl (C=O) groups is 1. The highest BCUT2D eigenvalue weighted by Gasteiger charge is 2.26. The maximum Gasteiger partial charge on any atom is 0.503 e. The highest BCUT2D eigenvalue weighted by molar-refractivity contribution is 5.53. The van der Waals surface area contributed by atoms with E-state index in [9.17, 15) is 0 Å². The van der Waals surface area contributed by atoms with E-state index in [2.05, 4.69) is 0 Å². The zero-order valence-electron chi connectivity index (χ0n) is 10.7. The number of carboxylic acid groups (broad SMARTS) is 2. The molecule has 2 atom stereocenters. The Morgan fingerprint density at radius 3 is 1.53 bits per heavy atom. The first-order valence-electron chi connectivity index (χ1n) is 6.04. The molecule has 0 aromatic rings. The first-order valence-corrected chi connectivity index (χ1v) is 6.04. The Bertz CT molecular complexity index is 195. The second-order valence-corrected chi connectivity index (χ2v) is 3.89. The van der Waals surface area contributed by atoms with Crippen LogP contribution in [0.1, 0.15) is 12.8 Å². The molecule has 0 bridgehead atoms. The molecule has 2 rings (SSSR count). The van der Waals surface area contributed by atoms with Gasteiger partial charge >= 0.3 is 6.16 Å². The molecule has 2 heterocycles. The van der Waals surface area contributed by atoms with E-state index in [1.807, 2.05) is 0 Å². The summed E-state index contributed by atoms with van der Waals surface area (Å²) in [6.45, 7) is 3.65. The third-order valence-electron chi connectivity index (χ3n) is 1.98. The Kier molecular flexibility index (Phi) is 11.5. The van der Waals surface area contributed by atoms with E-state index < -0.39 is 6.16 Å². The Balaban J connectivity index is 0.000000285. The Hall–Kier alpha value is -0.930. The van der Waals surface area contributed by atoms with E-state index in [1.165, 1.54) is 0 Å². The van der Waals surface area contributed by atoms with Crippen LogP contribution in [0.15, 0.2) is 0 Å². The van der Waals surface area contributed by atoms with Crippen LogP contribution >= 0.6 is 0 Å². The third kappa shape index (κ3) is 19.6. The van der Waals surface area contributed by atoms with E-state index in [-0.39, 0.29) is 13.2 Å². The Morgan fingerprint density at radius 2 is 1.32 bits per heavy atom. The molecule has 19 heavy (non-hydrogen) atoms. The number of unbranched alkanes of at least 4 members (excludes halogenated alkanes) is 1. The van der Waals surface area contributed by atoms with Crippen molar-refractivity contribution in [1.29, 1.82) is 0 Å². The number of hydrogen-bond acceptors (Lipinski definition) is 6. The second-order valence-electron chi connectivity index (χ2n) is 3.89. The van der Waals surface area contributed by atoms with E-state index in [4.69, 9.17) is 39.4 Å². The standard InChI is InChI=1S/C6H10O3.C4H10O2.CH2O3/c1(5-3-8-5)7-2-6-4-9-6;5-3-1-2-4-6;2-1(3)4/h5-6H,1-4H2;5-6H,1-4H2;(H2,2,3,4). The minimum absolute atomic E-state index is 0.195. The van der Waals surface area contributed by atoms with Crippen molar-refractivity contribution in [3.8, 4) is 0 Å². The van der Waals surface area contributed by atoms with Crippen molar-refractivity contribution in [2.24, 2.45) is 0 Å². The van der Waals surface area contributed by atoms with E-state index in [0.29, 0.717) is 12.2 Å². The van der Waals surface area contributed by atoms with Crippen LogP contribution in [-0.2, 0) is 14.2 Å². The first-order chi connectivity index (χ1) is 9.10. The summed E-state index contributed by atoms with van der Waals surface area (Å²) >= 11 is 0. The van der Waals surface area contributed by atoms with Crippen LogP contribution in [0.25, 0.3) is 0 Å². The van der Waals surface area contributed by atoms with Gasteiger partial charge in [0, 0.05) is 13.2 Å². The maximum absolute atomic E-state index is 8.56. The van der Waals surface area contributed by atoms with Crippen molar-refractivity contribution in [2.45, 2.75) is 25.0 Å². The van der Waals surface area contributed by atoms with E-state index in [0.717, 1.165) is 39.3 Å². The topological polar surface area (TPSA) is 132 Å². The van der Waals surface area contributed by atoms with Gasteiger partial charge in [-0.2, -0.15) is 0 Å². The van der Waals surface area contributed by atoms with Crippen LogP contribution in [0.2, 0.25) is 0 Å². The van der Waals surface area contributed by atoms with Gasteiger partial charge < -0.3 is 34.6 Å². The lowest BCUT2D eigenvalue weighted by molar-refractivity contribution is 0.102. The summed E-state index contributed by atoms with van der Waals surface area (Å²) < 4.78 is 15.1. The highest BCUT2D eigenvalue weighted by atomic mass is 16.6. The molecule has 8 heteroatoms. The molecule has 0 saturated carbocycles. The lowest BCUT2D eigenvalue weighted by Gasteiger charge is -1.95. The number of aliphatic hydroxyl groups is 2. The highest BCUT2D eigenvalue weighted by Crippen LogP contribution is 2.12. The number of hydrogen-bond donors (Lipinski definition) is 4. The lowest BCUT2D eigenvalue weighted by Crippen LogP contribution is -2.06. The molecule has 2 aliphatic heterocycles. The van der Waals surface area contributed by atoms with Crippen LogP contribution in [-0.4, -0.2) is 78.4 Å². The molecule has 2 aliphatic rings. The molecule has 2 unspecified atom stereocenters. The molecule has 8 nitrogen and oxygen atoms in total. The zero-order chi connectivity index (χ0) is 14.5. The molecular formula is C11H22O8. The van der Waals surface area contributed by atoms with Gasteiger partial charge in [-0.05, 0) is 12.8 Å². The molecule has 4 N–H and O–H groups in total. The first kappa shape index (κ1) is 18.1. The van der Waals surface area contributed by atoms with Crippen molar-refractivity contribution >= 4 is 6.16 Å². The van der Waals surface area contributed by atoms with Crippen LogP contribution in [0.3, 0.4) is 0 Å². The van der Waals surface area contributed by atoms with Gasteiger partial charge in [0.1, 0.15) is 12.2 Å². The molecule has 0 aromatic heterocycles. The van der Waals surface area contributed by atoms with Gasteiger partial charge in [0.25, 0.3) is 0 Å². The smallest absolute Gasteiger partial charge is 0.450 e. The van der Waals surface area contributed by atoms with Gasteiger partial charge in [-0.3, -0.25) is 0 Å². The normalized spacial score (nSPS) is 22.4. The fourth-order valence-corrected chi connectivity index (χ4v) is 0.883. The number of ether oxygens (including phenoxy) is 3. The maximum atomic E-state index is 8.56. The summed E-state index contributed by atoms with van der Waals surface area (Å²) in [5, 5.41) is 30.1. The number of aliphatic hydroxyl groups excluding tert-OH is 2. The van der Waals surface area contributed by atoms with Gasteiger partial charge in [0.2, 0.25) is 0 Å². The van der Waals surface area contributed by atoms with Gasteiger partial charge in [-0.15, -0.1) is 0 Å². The largest absolute Gasteiger partial charge is 0.503 e. The van der Waals surface area contributed by atoms with E-state index >= 15 is 0 Å². The van der Waals surface area contributed by atoms with Crippen molar-refractivity contribution in [3.63, 3.8) is 0 Å². The molecular weight excluding hydrogens is 260 g/mol. The van der Waals surface area contributed by atoms with Crippen LogP contribution < -0.4 is 0 Å². The number of rotatable bonds is 7. The number of epoxide rings is 2. The second kappa shape index (κ2) is 12.1. The average Bonchev–Trinajstić information content (AvgIpc) is 3.20. The Labute approximate surface area is 111 Å². The molecule has 2 saturated heterocycles. The third-order valence-corrected chi connectivity index (χ3v) is 1.98. The summed E-state index contributed by atoms with van der Waals surface area (Å²) in [5.41, 5.74) is 0. The summed E-state index contributed by atoms with van der Waals surface area (Å²) in [6, 6.07) is 0. The van der Waals surface area contributed by atoms with Gasteiger partial charge in [0.05, 0.1) is 26.4 Å². The van der Waals surface area contributed by atoms with E-state index in [1.54, 1.807) is 0 Å². The quantitative estimate of drug-likeness (QED) is 0.372. The van der Waals surface area contributed by atoms with Crippen molar-refractivity contribution in [3.05, 3.63) is 0 Å². The molecule has 0 spiro atoms. The molecule has 0 aromatic carbocycles. The molecule has 0 amide bonds. The summed E-state index contributed by atoms with van der Waals surface area (Å²) in [6.07, 6.45) is 0.389. The zero-order valence-corrected chi connectivity index (χ0v) is 10.7.